The van der Waals surface area contributed by atoms with Gasteiger partial charge in [-0.3, -0.25) is 29.4 Å². The van der Waals surface area contributed by atoms with Gasteiger partial charge in [0.2, 0.25) is 5.13 Å². The zero-order valence-corrected chi connectivity index (χ0v) is 19.3. The van der Waals surface area contributed by atoms with Crippen LogP contribution in [0.5, 0.6) is 0 Å². The predicted octanol–water partition coefficient (Wildman–Crippen LogP) is 1.51. The minimum absolute atomic E-state index is 0.0749. The molecule has 2 heterocycles. The Morgan fingerprint density at radius 2 is 1.97 bits per heavy atom. The third-order valence-electron chi connectivity index (χ3n) is 4.26. The van der Waals surface area contributed by atoms with Gasteiger partial charge < -0.3 is 9.47 Å². The first-order valence-electron chi connectivity index (χ1n) is 9.33. The number of halogens is 1. The topological polar surface area (TPSA) is 145 Å². The van der Waals surface area contributed by atoms with E-state index in [0.29, 0.717) is 15.2 Å². The van der Waals surface area contributed by atoms with Gasteiger partial charge in [0, 0.05) is 4.47 Å². The van der Waals surface area contributed by atoms with Crippen molar-refractivity contribution in [2.24, 2.45) is 0 Å². The average Bonchev–Trinajstić information content (AvgIpc) is 3.28. The highest BCUT2D eigenvalue weighted by molar-refractivity contribution is 9.10. The lowest BCUT2D eigenvalue weighted by Gasteiger charge is -2.22. The summed E-state index contributed by atoms with van der Waals surface area (Å²) in [4.78, 5) is 61.5. The summed E-state index contributed by atoms with van der Waals surface area (Å²) in [6.45, 7) is 2.68. The van der Waals surface area contributed by atoms with E-state index < -0.39 is 42.2 Å². The molecule has 0 bridgehead atoms. The Hall–Kier alpha value is -3.19. The van der Waals surface area contributed by atoms with Crippen molar-refractivity contribution >= 4 is 67.6 Å². The molecule has 1 atom stereocenters. The number of esters is 2. The molecule has 0 aliphatic carbocycles. The van der Waals surface area contributed by atoms with Crippen molar-refractivity contribution in [3.8, 4) is 0 Å². The molecule has 1 N–H and O–H groups in total. The Balaban J connectivity index is 1.55. The zero-order chi connectivity index (χ0) is 23.4. The summed E-state index contributed by atoms with van der Waals surface area (Å²) in [7, 11) is 0. The maximum atomic E-state index is 12.4. The first-order chi connectivity index (χ1) is 15.2. The van der Waals surface area contributed by atoms with Crippen LogP contribution >= 0.6 is 27.3 Å². The molecule has 1 unspecified atom stereocenters. The highest BCUT2D eigenvalue weighted by atomic mass is 79.9. The van der Waals surface area contributed by atoms with Crippen LogP contribution in [0.2, 0.25) is 0 Å². The van der Waals surface area contributed by atoms with Gasteiger partial charge in [-0.25, -0.2) is 4.79 Å². The zero-order valence-electron chi connectivity index (χ0n) is 16.9. The van der Waals surface area contributed by atoms with E-state index in [-0.39, 0.29) is 23.7 Å². The van der Waals surface area contributed by atoms with E-state index in [4.69, 9.17) is 9.47 Å². The lowest BCUT2D eigenvalue weighted by molar-refractivity contribution is -0.148. The van der Waals surface area contributed by atoms with Crippen molar-refractivity contribution in [1.29, 1.82) is 0 Å². The molecule has 1 aromatic heterocycles. The average molecular weight is 525 g/mol. The van der Waals surface area contributed by atoms with Gasteiger partial charge in [0.25, 0.3) is 17.6 Å². The number of ether oxygens (including phenoxy) is 2. The van der Waals surface area contributed by atoms with E-state index in [1.165, 1.54) is 13.0 Å². The molecule has 2 aromatic rings. The molecule has 0 fully saturated rings. The monoisotopic (exact) mass is 524 g/mol. The summed E-state index contributed by atoms with van der Waals surface area (Å²) in [6, 6.07) is 3.56. The summed E-state index contributed by atoms with van der Waals surface area (Å²) >= 11 is 4.22. The molecule has 1 aliphatic rings. The van der Waals surface area contributed by atoms with E-state index >= 15 is 0 Å². The van der Waals surface area contributed by atoms with E-state index in [9.17, 15) is 24.0 Å². The number of carbonyl (C=O) groups is 5. The number of benzene rings is 1. The van der Waals surface area contributed by atoms with Gasteiger partial charge in [-0.05, 0) is 32.0 Å². The van der Waals surface area contributed by atoms with Crippen molar-refractivity contribution in [3.05, 3.63) is 33.2 Å². The van der Waals surface area contributed by atoms with E-state index in [0.717, 1.165) is 16.2 Å². The van der Waals surface area contributed by atoms with E-state index in [1.807, 2.05) is 0 Å². The second kappa shape index (κ2) is 9.96. The summed E-state index contributed by atoms with van der Waals surface area (Å²) < 4.78 is 10.4. The normalized spacial score (nSPS) is 13.5. The lowest BCUT2D eigenvalue weighted by atomic mass is 10.1. The fourth-order valence-corrected chi connectivity index (χ4v) is 3.95. The molecule has 13 heteroatoms. The molecule has 1 aliphatic heterocycles. The number of rotatable bonds is 8. The summed E-state index contributed by atoms with van der Waals surface area (Å²) in [5, 5.41) is 10.4. The SMILES string of the molecule is CCOC(=O)Cc1nnc(NC(=O)COC(=O)C(C)N2C(=O)C(=O)c3cc(Br)ccc32)s1. The molecular weight excluding hydrogens is 508 g/mol. The number of carbonyl (C=O) groups excluding carboxylic acids is 5. The van der Waals surface area contributed by atoms with Gasteiger partial charge in [-0.1, -0.05) is 27.3 Å². The number of hydrogen-bond donors (Lipinski definition) is 1. The maximum Gasteiger partial charge on any atom is 0.329 e. The number of fused-ring (bicyclic) bond motifs is 1. The third-order valence-corrected chi connectivity index (χ3v) is 5.60. The molecule has 32 heavy (non-hydrogen) atoms. The molecule has 2 amide bonds. The molecule has 3 rings (SSSR count). The smallest absolute Gasteiger partial charge is 0.329 e. The minimum Gasteiger partial charge on any atom is -0.466 e. The first-order valence-corrected chi connectivity index (χ1v) is 10.9. The quantitative estimate of drug-likeness (QED) is 0.400. The fourth-order valence-electron chi connectivity index (χ4n) is 2.85. The number of anilines is 2. The number of aromatic nitrogens is 2. The van der Waals surface area contributed by atoms with Crippen molar-refractivity contribution < 1.29 is 33.4 Å². The second-order valence-corrected chi connectivity index (χ2v) is 8.46. The molecule has 0 spiro atoms. The van der Waals surface area contributed by atoms with Crippen LogP contribution < -0.4 is 10.2 Å². The summed E-state index contributed by atoms with van der Waals surface area (Å²) in [5.41, 5.74) is 0.469. The van der Waals surface area contributed by atoms with Crippen LogP contribution in [-0.4, -0.2) is 59.0 Å². The standard InChI is InChI=1S/C19H17BrN4O7S/c1-3-30-15(26)7-14-22-23-19(32-14)21-13(25)8-31-18(29)9(2)24-12-5-4-10(20)6-11(12)16(27)17(24)28/h4-6,9H,3,7-8H2,1-2H3,(H,21,23,25). The van der Waals surface area contributed by atoms with Gasteiger partial charge in [-0.15, -0.1) is 10.2 Å². The van der Waals surface area contributed by atoms with Crippen molar-refractivity contribution in [1.82, 2.24) is 10.2 Å². The second-order valence-electron chi connectivity index (χ2n) is 6.48. The van der Waals surface area contributed by atoms with Crippen LogP contribution in [0, 0.1) is 0 Å². The number of amides is 2. The van der Waals surface area contributed by atoms with Crippen LogP contribution in [0.15, 0.2) is 22.7 Å². The van der Waals surface area contributed by atoms with Crippen molar-refractivity contribution in [2.75, 3.05) is 23.4 Å². The van der Waals surface area contributed by atoms with Crippen LogP contribution in [0.25, 0.3) is 0 Å². The summed E-state index contributed by atoms with van der Waals surface area (Å²) in [6.07, 6.45) is -0.0749. The number of nitrogens with zero attached hydrogens (tertiary/aromatic N) is 3. The van der Waals surface area contributed by atoms with Crippen molar-refractivity contribution in [2.45, 2.75) is 26.3 Å². The van der Waals surface area contributed by atoms with E-state index in [1.54, 1.807) is 19.1 Å². The Morgan fingerprint density at radius 1 is 1.22 bits per heavy atom. The van der Waals surface area contributed by atoms with Crippen molar-refractivity contribution in [3.63, 3.8) is 0 Å². The fraction of sp³-hybridized carbons (Fsp3) is 0.316. The number of nitrogens with one attached hydrogen (secondary N) is 1. The van der Waals surface area contributed by atoms with Crippen LogP contribution in [-0.2, 0) is 35.1 Å². The largest absolute Gasteiger partial charge is 0.466 e. The molecule has 168 valence electrons. The van der Waals surface area contributed by atoms with Crippen LogP contribution in [0.1, 0.15) is 29.2 Å². The Bertz CT molecular complexity index is 1100. The van der Waals surface area contributed by atoms with Crippen LogP contribution in [0.3, 0.4) is 0 Å². The summed E-state index contributed by atoms with van der Waals surface area (Å²) in [5.74, 6) is -3.59. The van der Waals surface area contributed by atoms with Gasteiger partial charge >= 0.3 is 11.9 Å². The Morgan fingerprint density at radius 3 is 2.69 bits per heavy atom. The predicted molar refractivity (Wildman–Crippen MR) is 115 cm³/mol. The first kappa shape index (κ1) is 23.5. The minimum atomic E-state index is -1.13. The molecule has 0 saturated heterocycles. The van der Waals surface area contributed by atoms with E-state index in [2.05, 4.69) is 31.4 Å². The van der Waals surface area contributed by atoms with Gasteiger partial charge in [0.15, 0.2) is 6.61 Å². The van der Waals surface area contributed by atoms with Crippen LogP contribution in [0.4, 0.5) is 10.8 Å². The Labute approximate surface area is 194 Å². The van der Waals surface area contributed by atoms with Gasteiger partial charge in [0.1, 0.15) is 11.0 Å². The molecule has 0 radical (unpaired) electrons. The number of Topliss-reactive ketones (excluding diaryl/α,β-unsaturated/α-hetero) is 1. The van der Waals surface area contributed by atoms with Gasteiger partial charge in [-0.2, -0.15) is 0 Å². The molecule has 11 nitrogen and oxygen atoms in total. The molecule has 0 saturated carbocycles. The lowest BCUT2D eigenvalue weighted by Crippen LogP contribution is -2.44. The third kappa shape index (κ3) is 5.16. The number of ketones is 1. The highest BCUT2D eigenvalue weighted by Gasteiger charge is 2.41. The Kier molecular flexibility index (Phi) is 7.30. The number of hydrogen-bond acceptors (Lipinski definition) is 10. The highest BCUT2D eigenvalue weighted by Crippen LogP contribution is 2.33. The maximum absolute atomic E-state index is 12.4. The van der Waals surface area contributed by atoms with Gasteiger partial charge in [0.05, 0.1) is 24.3 Å². The molecular formula is C19H17BrN4O7S. The molecule has 1 aromatic carbocycles.